The summed E-state index contributed by atoms with van der Waals surface area (Å²) in [4.78, 5) is 32.0. The Labute approximate surface area is 192 Å². The van der Waals surface area contributed by atoms with E-state index in [-0.39, 0.29) is 17.1 Å². The van der Waals surface area contributed by atoms with Crippen molar-refractivity contribution < 1.29 is 40.8 Å². The van der Waals surface area contributed by atoms with Gasteiger partial charge in [0.05, 0.1) is 0 Å². The Kier molecular flexibility index (Phi) is 77.3. The normalized spacial score (nSPS) is 5.87. The maximum Gasteiger partial charge on any atom is 3.00 e. The van der Waals surface area contributed by atoms with Crippen LogP contribution in [-0.2, 0) is 40.8 Å². The predicted octanol–water partition coefficient (Wildman–Crippen LogP) is 4.31. The standard InChI is InChI=1S/C7H7.2C6H5.4CH2O.Fe.H2OP/c1-7-5-3-2-4-6-7;2*1-2-4-6-5-3-1;4*1-2;;1-2/h2-6H,1H2;2*1-5H;4*1H2;;2H2/q3*-1;;;;;+3;+1. The minimum Gasteiger partial charge on any atom is -0.307 e. The zero-order valence-corrected chi connectivity index (χ0v) is 18.9. The molecular formula is C23H27FeO5P+. The van der Waals surface area contributed by atoms with Crippen LogP contribution in [0.2, 0.25) is 0 Å². The van der Waals surface area contributed by atoms with Crippen molar-refractivity contribution in [1.82, 2.24) is 0 Å². The van der Waals surface area contributed by atoms with Crippen LogP contribution in [0.1, 0.15) is 5.56 Å². The smallest absolute Gasteiger partial charge is 0.307 e. The topological polar surface area (TPSA) is 85.3 Å². The molecule has 30 heavy (non-hydrogen) atoms. The third-order valence-corrected chi connectivity index (χ3v) is 2.06. The Morgan fingerprint density at radius 2 is 0.767 bits per heavy atom. The molecule has 5 nitrogen and oxygen atoms in total. The van der Waals surface area contributed by atoms with Crippen molar-refractivity contribution >= 4 is 36.3 Å². The van der Waals surface area contributed by atoms with E-state index in [1.807, 2.05) is 118 Å². The molecule has 161 valence electrons. The van der Waals surface area contributed by atoms with E-state index >= 15 is 0 Å². The van der Waals surface area contributed by atoms with Crippen LogP contribution in [0, 0.1) is 19.1 Å². The molecule has 3 aromatic rings. The molecule has 0 saturated carbocycles. The molecule has 0 spiro atoms. The summed E-state index contributed by atoms with van der Waals surface area (Å²) >= 11 is 0. The van der Waals surface area contributed by atoms with Crippen LogP contribution in [0.5, 0.6) is 0 Å². The SMILES string of the molecule is C=O.C=O.C=O.C=O.O=[PH2+].[CH2-]c1ccccc1.[Fe+3].[c-]1ccccc1.[c-]1ccccc1. The van der Waals surface area contributed by atoms with Crippen molar-refractivity contribution in [2.45, 2.75) is 0 Å². The Morgan fingerprint density at radius 3 is 0.867 bits per heavy atom. The van der Waals surface area contributed by atoms with E-state index in [9.17, 15) is 0 Å². The van der Waals surface area contributed by atoms with Crippen LogP contribution in [0.3, 0.4) is 0 Å². The molecule has 3 rings (SSSR count). The van der Waals surface area contributed by atoms with E-state index in [1.165, 1.54) is 9.12 Å². The number of carbonyl (C=O) groups excluding carboxylic acids is 4. The first kappa shape index (κ1) is 41.3. The van der Waals surface area contributed by atoms with Gasteiger partial charge in [-0.15, -0.1) is 12.1 Å². The molecular weight excluding hydrogens is 443 g/mol. The van der Waals surface area contributed by atoms with E-state index in [4.69, 9.17) is 23.7 Å². The summed E-state index contributed by atoms with van der Waals surface area (Å²) < 4.78 is 8.17. The first-order chi connectivity index (χ1) is 14.4. The number of benzene rings is 3. The number of rotatable bonds is 0. The van der Waals surface area contributed by atoms with Crippen LogP contribution in [0.15, 0.2) is 91.0 Å². The van der Waals surface area contributed by atoms with Gasteiger partial charge < -0.3 is 19.2 Å². The van der Waals surface area contributed by atoms with E-state index in [0.717, 1.165) is 5.56 Å². The zero-order chi connectivity index (χ0) is 23.6. The van der Waals surface area contributed by atoms with Crippen molar-refractivity contribution in [1.29, 1.82) is 0 Å². The van der Waals surface area contributed by atoms with E-state index in [1.54, 1.807) is 0 Å². The third-order valence-electron chi connectivity index (χ3n) is 2.06. The molecule has 1 atom stereocenters. The van der Waals surface area contributed by atoms with Crippen molar-refractivity contribution in [2.24, 2.45) is 0 Å². The fourth-order valence-corrected chi connectivity index (χ4v) is 1.16. The molecule has 0 bridgehead atoms. The van der Waals surface area contributed by atoms with Crippen molar-refractivity contribution in [3.63, 3.8) is 0 Å². The number of hydrogen-bond acceptors (Lipinski definition) is 5. The summed E-state index contributed by atoms with van der Waals surface area (Å²) in [6, 6.07) is 34.9. The second kappa shape index (κ2) is 56.2. The molecule has 0 N–H and O–H groups in total. The minimum atomic E-state index is 0. The Morgan fingerprint density at radius 1 is 0.533 bits per heavy atom. The van der Waals surface area contributed by atoms with Gasteiger partial charge in [0.15, 0.2) is 0 Å². The average molecular weight is 470 g/mol. The fraction of sp³-hybridized carbons (Fsp3) is 0. The van der Waals surface area contributed by atoms with Gasteiger partial charge >= 0.3 is 26.2 Å². The summed E-state index contributed by atoms with van der Waals surface area (Å²) in [5, 5.41) is 0. The van der Waals surface area contributed by atoms with Gasteiger partial charge in [-0.2, -0.15) is 97.4 Å². The van der Waals surface area contributed by atoms with Crippen LogP contribution in [-0.4, -0.2) is 27.2 Å². The molecule has 0 aliphatic carbocycles. The van der Waals surface area contributed by atoms with E-state index < -0.39 is 0 Å². The zero-order valence-electron chi connectivity index (χ0n) is 16.7. The van der Waals surface area contributed by atoms with Crippen LogP contribution < -0.4 is 0 Å². The molecule has 1 unspecified atom stereocenters. The second-order valence-corrected chi connectivity index (χ2v) is 3.64. The summed E-state index contributed by atoms with van der Waals surface area (Å²) in [5.74, 6) is 0. The molecule has 0 aliphatic rings. The molecule has 0 saturated heterocycles. The summed E-state index contributed by atoms with van der Waals surface area (Å²) in [6.45, 7) is 11.7. The Bertz CT molecular complexity index is 493. The average Bonchev–Trinajstić information content (AvgIpc) is 2.89. The van der Waals surface area contributed by atoms with E-state index in [2.05, 4.69) is 19.1 Å². The third kappa shape index (κ3) is 49.8. The molecule has 0 aromatic heterocycles. The maximum atomic E-state index is 8.17. The molecule has 3 aromatic carbocycles. The van der Waals surface area contributed by atoms with Crippen LogP contribution in [0.25, 0.3) is 0 Å². The Hall–Kier alpha value is -3.17. The van der Waals surface area contributed by atoms with Gasteiger partial charge in [-0.25, -0.2) is 0 Å². The van der Waals surface area contributed by atoms with Crippen LogP contribution >= 0.6 is 9.12 Å². The first-order valence-electron chi connectivity index (χ1n) is 7.48. The number of carbonyl (C=O) groups is 4. The molecule has 7 heteroatoms. The quantitative estimate of drug-likeness (QED) is 0.278. The largest absolute Gasteiger partial charge is 3.00 e. The van der Waals surface area contributed by atoms with Crippen LogP contribution in [0.4, 0.5) is 0 Å². The molecule has 0 fully saturated rings. The predicted molar refractivity (Wildman–Crippen MR) is 120 cm³/mol. The first-order valence-corrected chi connectivity index (χ1v) is 7.95. The fourth-order valence-electron chi connectivity index (χ4n) is 1.16. The maximum absolute atomic E-state index is 8.17. The summed E-state index contributed by atoms with van der Waals surface area (Å²) in [5.41, 5.74) is 1.07. The van der Waals surface area contributed by atoms with Gasteiger partial charge in [0.1, 0.15) is 27.2 Å². The molecule has 0 aliphatic heterocycles. The van der Waals surface area contributed by atoms with Gasteiger partial charge in [0.2, 0.25) is 0 Å². The van der Waals surface area contributed by atoms with Gasteiger partial charge in [-0.3, -0.25) is 0 Å². The number of hydrogen-bond donors (Lipinski definition) is 0. The van der Waals surface area contributed by atoms with Gasteiger partial charge in [0.25, 0.3) is 0 Å². The van der Waals surface area contributed by atoms with Crippen molar-refractivity contribution in [3.8, 4) is 0 Å². The summed E-state index contributed by atoms with van der Waals surface area (Å²) in [7, 11) is 1.17. The van der Waals surface area contributed by atoms with Crippen molar-refractivity contribution in [2.75, 3.05) is 0 Å². The van der Waals surface area contributed by atoms with Crippen molar-refractivity contribution in [3.05, 3.63) is 116 Å². The summed E-state index contributed by atoms with van der Waals surface area (Å²) in [6.07, 6.45) is 0. The monoisotopic (exact) mass is 470 g/mol. The van der Waals surface area contributed by atoms with E-state index in [0.29, 0.717) is 0 Å². The second-order valence-electron chi connectivity index (χ2n) is 3.64. The molecule has 0 heterocycles. The van der Waals surface area contributed by atoms with Gasteiger partial charge in [0, 0.05) is 0 Å². The molecule has 0 amide bonds. The van der Waals surface area contributed by atoms with Gasteiger partial charge in [-0.1, -0.05) is 10.6 Å². The minimum absolute atomic E-state index is 0. The van der Waals surface area contributed by atoms with Gasteiger partial charge in [-0.05, 0) is 0 Å². The molecule has 1 radical (unpaired) electrons. The Balaban J connectivity index is -0.0000000590.